The van der Waals surface area contributed by atoms with E-state index in [1.807, 2.05) is 0 Å². The number of alkyl halides is 3. The summed E-state index contributed by atoms with van der Waals surface area (Å²) in [5.41, 5.74) is -0.839. The van der Waals surface area contributed by atoms with Crippen molar-refractivity contribution in [3.8, 4) is 5.69 Å². The maximum Gasteiger partial charge on any atom is 0.416 e. The van der Waals surface area contributed by atoms with Gasteiger partial charge in [-0.1, -0.05) is 6.07 Å². The SMILES string of the molecule is CS(=O)(=O)c1cccc(C(=O)Nc2cc(C(F)(F)F)ccc2-n2cccn2)c1. The number of carbonyl (C=O) groups excluding carboxylic acids is 1. The average molecular weight is 409 g/mol. The average Bonchev–Trinajstić information content (AvgIpc) is 3.14. The molecule has 1 aromatic heterocycles. The fourth-order valence-corrected chi connectivity index (χ4v) is 3.15. The molecule has 3 rings (SSSR count). The summed E-state index contributed by atoms with van der Waals surface area (Å²) in [5, 5.41) is 6.38. The van der Waals surface area contributed by atoms with Crippen molar-refractivity contribution in [1.29, 1.82) is 0 Å². The van der Waals surface area contributed by atoms with E-state index < -0.39 is 27.5 Å². The maximum absolute atomic E-state index is 13.1. The molecule has 0 unspecified atom stereocenters. The first-order valence-electron chi connectivity index (χ1n) is 7.88. The van der Waals surface area contributed by atoms with Crippen LogP contribution in [0, 0.1) is 0 Å². The van der Waals surface area contributed by atoms with E-state index >= 15 is 0 Å². The van der Waals surface area contributed by atoms with E-state index in [1.54, 1.807) is 6.07 Å². The van der Waals surface area contributed by atoms with Crippen molar-refractivity contribution in [1.82, 2.24) is 9.78 Å². The molecule has 1 N–H and O–H groups in total. The van der Waals surface area contributed by atoms with Crippen LogP contribution < -0.4 is 5.32 Å². The summed E-state index contributed by atoms with van der Waals surface area (Å²) in [5.74, 6) is -0.752. The Kier molecular flexibility index (Phi) is 4.99. The molecule has 3 aromatic rings. The molecule has 0 spiro atoms. The van der Waals surface area contributed by atoms with E-state index in [0.29, 0.717) is 0 Å². The summed E-state index contributed by atoms with van der Waals surface area (Å²) >= 11 is 0. The lowest BCUT2D eigenvalue weighted by Gasteiger charge is -2.15. The summed E-state index contributed by atoms with van der Waals surface area (Å²) in [6.45, 7) is 0. The highest BCUT2D eigenvalue weighted by Gasteiger charge is 2.31. The monoisotopic (exact) mass is 409 g/mol. The van der Waals surface area contributed by atoms with E-state index in [9.17, 15) is 26.4 Å². The van der Waals surface area contributed by atoms with Crippen LogP contribution in [0.4, 0.5) is 18.9 Å². The van der Waals surface area contributed by atoms with Crippen molar-refractivity contribution in [2.45, 2.75) is 11.1 Å². The van der Waals surface area contributed by atoms with Crippen molar-refractivity contribution >= 4 is 21.4 Å². The Morgan fingerprint density at radius 3 is 2.46 bits per heavy atom. The first-order valence-corrected chi connectivity index (χ1v) is 9.77. The number of benzene rings is 2. The summed E-state index contributed by atoms with van der Waals surface area (Å²) in [6, 6.07) is 9.69. The van der Waals surface area contributed by atoms with E-state index in [4.69, 9.17) is 0 Å². The standard InChI is InChI=1S/C18H14F3N3O3S/c1-28(26,27)14-5-2-4-12(10-14)17(25)23-15-11-13(18(19,20)21)6-7-16(15)24-9-3-8-22-24/h2-11H,1H3,(H,23,25). The Hall–Kier alpha value is -3.14. The highest BCUT2D eigenvalue weighted by molar-refractivity contribution is 7.90. The molecule has 0 fully saturated rings. The first-order chi connectivity index (χ1) is 13.1. The molecule has 6 nitrogen and oxygen atoms in total. The van der Waals surface area contributed by atoms with Crippen LogP contribution in [-0.2, 0) is 16.0 Å². The number of nitrogens with one attached hydrogen (secondary N) is 1. The minimum atomic E-state index is -4.60. The largest absolute Gasteiger partial charge is 0.416 e. The Bertz CT molecular complexity index is 1120. The van der Waals surface area contributed by atoms with Crippen molar-refractivity contribution < 1.29 is 26.4 Å². The van der Waals surface area contributed by atoms with Crippen LogP contribution in [-0.4, -0.2) is 30.4 Å². The highest BCUT2D eigenvalue weighted by atomic mass is 32.2. The minimum absolute atomic E-state index is 0.00764. The van der Waals surface area contributed by atoms with Gasteiger partial charge in [-0.3, -0.25) is 4.79 Å². The Morgan fingerprint density at radius 1 is 1.11 bits per heavy atom. The second-order valence-electron chi connectivity index (χ2n) is 5.93. The molecular weight excluding hydrogens is 395 g/mol. The minimum Gasteiger partial charge on any atom is -0.320 e. The van der Waals surface area contributed by atoms with Gasteiger partial charge in [0.25, 0.3) is 5.91 Å². The zero-order valence-corrected chi connectivity index (χ0v) is 15.3. The number of anilines is 1. The number of sulfone groups is 1. The molecule has 0 radical (unpaired) electrons. The van der Waals surface area contributed by atoms with Crippen LogP contribution in [0.25, 0.3) is 5.69 Å². The molecule has 0 bridgehead atoms. The Morgan fingerprint density at radius 2 is 1.86 bits per heavy atom. The Labute approximate surface area is 158 Å². The van der Waals surface area contributed by atoms with Gasteiger partial charge in [-0.25, -0.2) is 13.1 Å². The lowest BCUT2D eigenvalue weighted by atomic mass is 10.1. The van der Waals surface area contributed by atoms with Crippen molar-refractivity contribution in [2.75, 3.05) is 11.6 Å². The van der Waals surface area contributed by atoms with Gasteiger partial charge in [-0.15, -0.1) is 0 Å². The van der Waals surface area contributed by atoms with E-state index in [-0.39, 0.29) is 21.8 Å². The van der Waals surface area contributed by atoms with Crippen molar-refractivity contribution in [3.63, 3.8) is 0 Å². The number of amides is 1. The molecular formula is C18H14F3N3O3S. The molecule has 0 aliphatic rings. The predicted octanol–water partition coefficient (Wildman–Crippen LogP) is 3.55. The summed E-state index contributed by atoms with van der Waals surface area (Å²) in [4.78, 5) is 12.5. The predicted molar refractivity (Wildman–Crippen MR) is 96.1 cm³/mol. The second-order valence-corrected chi connectivity index (χ2v) is 7.95. The number of halogens is 3. The maximum atomic E-state index is 13.1. The van der Waals surface area contributed by atoms with Crippen LogP contribution in [0.3, 0.4) is 0 Å². The van der Waals surface area contributed by atoms with E-state index in [2.05, 4.69) is 10.4 Å². The lowest BCUT2D eigenvalue weighted by Crippen LogP contribution is -2.16. The van der Waals surface area contributed by atoms with Crippen LogP contribution in [0.1, 0.15) is 15.9 Å². The molecule has 28 heavy (non-hydrogen) atoms. The molecule has 2 aromatic carbocycles. The van der Waals surface area contributed by atoms with Crippen LogP contribution >= 0.6 is 0 Å². The fourth-order valence-electron chi connectivity index (χ4n) is 2.49. The van der Waals surface area contributed by atoms with E-state index in [1.165, 1.54) is 41.3 Å². The Balaban J connectivity index is 2.02. The normalized spacial score (nSPS) is 12.0. The van der Waals surface area contributed by atoms with E-state index in [0.717, 1.165) is 24.5 Å². The summed E-state index contributed by atoms with van der Waals surface area (Å²) in [7, 11) is -3.54. The van der Waals surface area contributed by atoms with Gasteiger partial charge < -0.3 is 5.32 Å². The zero-order valence-electron chi connectivity index (χ0n) is 14.4. The summed E-state index contributed by atoms with van der Waals surface area (Å²) in [6.07, 6.45) is -0.646. The molecule has 1 heterocycles. The van der Waals surface area contributed by atoms with Crippen LogP contribution in [0.5, 0.6) is 0 Å². The molecule has 0 saturated carbocycles. The van der Waals surface area contributed by atoms with Crippen molar-refractivity contribution in [2.24, 2.45) is 0 Å². The van der Waals surface area contributed by atoms with Gasteiger partial charge in [0.1, 0.15) is 0 Å². The third-order valence-electron chi connectivity index (χ3n) is 3.85. The molecule has 1 amide bonds. The number of hydrogen-bond acceptors (Lipinski definition) is 4. The van der Waals surface area contributed by atoms with Crippen LogP contribution in [0.2, 0.25) is 0 Å². The number of aromatic nitrogens is 2. The van der Waals surface area contributed by atoms with Gasteiger partial charge in [0.15, 0.2) is 9.84 Å². The van der Waals surface area contributed by atoms with Crippen LogP contribution in [0.15, 0.2) is 65.8 Å². The first kappa shape index (κ1) is 19.6. The zero-order chi connectivity index (χ0) is 20.5. The third kappa shape index (κ3) is 4.22. The van der Waals surface area contributed by atoms with Gasteiger partial charge in [0.05, 0.1) is 21.8 Å². The molecule has 0 aliphatic heterocycles. The van der Waals surface area contributed by atoms with Gasteiger partial charge >= 0.3 is 6.18 Å². The number of hydrogen-bond donors (Lipinski definition) is 1. The van der Waals surface area contributed by atoms with Crippen molar-refractivity contribution in [3.05, 3.63) is 72.1 Å². The molecule has 0 atom stereocenters. The lowest BCUT2D eigenvalue weighted by molar-refractivity contribution is -0.137. The molecule has 146 valence electrons. The highest BCUT2D eigenvalue weighted by Crippen LogP contribution is 2.33. The molecule has 10 heteroatoms. The van der Waals surface area contributed by atoms with Gasteiger partial charge in [-0.2, -0.15) is 18.3 Å². The molecule has 0 aliphatic carbocycles. The smallest absolute Gasteiger partial charge is 0.320 e. The summed E-state index contributed by atoms with van der Waals surface area (Å²) < 4.78 is 63.9. The quantitative estimate of drug-likeness (QED) is 0.715. The topological polar surface area (TPSA) is 81.1 Å². The number of nitrogens with zero attached hydrogens (tertiary/aromatic N) is 2. The number of rotatable bonds is 4. The van der Waals surface area contributed by atoms with Gasteiger partial charge in [0.2, 0.25) is 0 Å². The second kappa shape index (κ2) is 7.12. The third-order valence-corrected chi connectivity index (χ3v) is 4.96. The molecule has 0 saturated heterocycles. The van der Waals surface area contributed by atoms with Gasteiger partial charge in [0, 0.05) is 24.2 Å². The number of carbonyl (C=O) groups is 1. The fraction of sp³-hybridized carbons (Fsp3) is 0.111. The van der Waals surface area contributed by atoms with Gasteiger partial charge in [-0.05, 0) is 42.5 Å².